The summed E-state index contributed by atoms with van der Waals surface area (Å²) in [6.07, 6.45) is 1.56. The molecule has 1 N–H and O–H groups in total. The Morgan fingerprint density at radius 2 is 2.08 bits per heavy atom. The Balaban J connectivity index is 1.65. The summed E-state index contributed by atoms with van der Waals surface area (Å²) in [5, 5.41) is 7.23. The molecule has 3 aromatic rings. The first-order valence-corrected chi connectivity index (χ1v) is 8.85. The van der Waals surface area contributed by atoms with E-state index in [9.17, 15) is 9.18 Å². The van der Waals surface area contributed by atoms with Crippen molar-refractivity contribution < 1.29 is 13.9 Å². The second-order valence-corrected chi connectivity index (χ2v) is 6.84. The molecule has 26 heavy (non-hydrogen) atoms. The van der Waals surface area contributed by atoms with Gasteiger partial charge in [-0.25, -0.2) is 9.07 Å². The molecule has 0 unspecified atom stereocenters. The van der Waals surface area contributed by atoms with Gasteiger partial charge in [0.05, 0.1) is 10.7 Å². The minimum absolute atomic E-state index is 0.0278. The highest BCUT2D eigenvalue weighted by Crippen LogP contribution is 2.31. The lowest BCUT2D eigenvalue weighted by atomic mass is 10.3. The first kappa shape index (κ1) is 18.7. The maximum Gasteiger partial charge on any atom is 0.276 e. The van der Waals surface area contributed by atoms with Gasteiger partial charge >= 0.3 is 0 Å². The molecule has 0 radical (unpaired) electrons. The number of carbonyl (C=O) groups is 1. The largest absolute Gasteiger partial charge is 0.470 e. The van der Waals surface area contributed by atoms with E-state index in [-0.39, 0.29) is 18.1 Å². The van der Waals surface area contributed by atoms with Crippen LogP contribution in [0.4, 0.5) is 10.1 Å². The molecule has 0 aliphatic heterocycles. The van der Waals surface area contributed by atoms with Crippen LogP contribution in [-0.2, 0) is 6.73 Å². The SMILES string of the molecule is O=C(Nc1ccc(Br)cc1F)c1ccn(COc2cccc(Cl)c2Cl)n1. The summed E-state index contributed by atoms with van der Waals surface area (Å²) in [5.74, 6) is -0.686. The Morgan fingerprint density at radius 3 is 2.85 bits per heavy atom. The summed E-state index contributed by atoms with van der Waals surface area (Å²) in [7, 11) is 0. The van der Waals surface area contributed by atoms with E-state index in [2.05, 4.69) is 26.3 Å². The van der Waals surface area contributed by atoms with Gasteiger partial charge in [0.2, 0.25) is 0 Å². The fraction of sp³-hybridized carbons (Fsp3) is 0.0588. The number of hydrogen-bond donors (Lipinski definition) is 1. The Kier molecular flexibility index (Phi) is 5.80. The number of nitrogens with one attached hydrogen (secondary N) is 1. The Bertz CT molecular complexity index is 965. The van der Waals surface area contributed by atoms with Crippen LogP contribution in [0.3, 0.4) is 0 Å². The van der Waals surface area contributed by atoms with Gasteiger partial charge in [0, 0.05) is 10.7 Å². The highest BCUT2D eigenvalue weighted by molar-refractivity contribution is 9.10. The van der Waals surface area contributed by atoms with Gasteiger partial charge in [0.15, 0.2) is 12.4 Å². The summed E-state index contributed by atoms with van der Waals surface area (Å²) in [4.78, 5) is 12.2. The van der Waals surface area contributed by atoms with Crippen LogP contribution in [0.2, 0.25) is 10.0 Å². The third-order valence-electron chi connectivity index (χ3n) is 3.32. The average molecular weight is 459 g/mol. The molecule has 0 aliphatic carbocycles. The van der Waals surface area contributed by atoms with Gasteiger partial charge in [-0.15, -0.1) is 0 Å². The van der Waals surface area contributed by atoms with E-state index < -0.39 is 11.7 Å². The van der Waals surface area contributed by atoms with Crippen molar-refractivity contribution in [2.24, 2.45) is 0 Å². The van der Waals surface area contributed by atoms with Crippen LogP contribution in [0.15, 0.2) is 53.1 Å². The minimum Gasteiger partial charge on any atom is -0.470 e. The van der Waals surface area contributed by atoms with Crippen LogP contribution >= 0.6 is 39.1 Å². The lowest BCUT2D eigenvalue weighted by Gasteiger charge is -2.08. The molecule has 1 amide bonds. The van der Waals surface area contributed by atoms with E-state index in [4.69, 9.17) is 27.9 Å². The highest BCUT2D eigenvalue weighted by Gasteiger charge is 2.13. The van der Waals surface area contributed by atoms with E-state index in [1.807, 2.05) is 0 Å². The summed E-state index contributed by atoms with van der Waals surface area (Å²) < 4.78 is 21.3. The second-order valence-electron chi connectivity index (χ2n) is 5.14. The van der Waals surface area contributed by atoms with Crippen LogP contribution in [0.25, 0.3) is 0 Å². The molecule has 2 aromatic carbocycles. The molecule has 0 bridgehead atoms. The summed E-state index contributed by atoms with van der Waals surface area (Å²) in [6, 6.07) is 10.9. The van der Waals surface area contributed by atoms with Gasteiger partial charge in [-0.3, -0.25) is 4.79 Å². The standard InChI is InChI=1S/C17H11BrCl2FN3O2/c18-10-4-5-13(12(21)8-10)22-17(25)14-6-7-24(23-14)9-26-15-3-1-2-11(19)16(15)20/h1-8H,9H2,(H,22,25). The van der Waals surface area contributed by atoms with Gasteiger partial charge in [-0.05, 0) is 36.4 Å². The summed E-state index contributed by atoms with van der Waals surface area (Å²) >= 11 is 15.1. The molecule has 5 nitrogen and oxygen atoms in total. The smallest absolute Gasteiger partial charge is 0.276 e. The Morgan fingerprint density at radius 1 is 1.27 bits per heavy atom. The molecule has 1 heterocycles. The molecule has 0 fully saturated rings. The molecule has 0 aliphatic rings. The minimum atomic E-state index is -0.550. The Hall–Kier alpha value is -2.09. The lowest BCUT2D eigenvalue weighted by molar-refractivity contribution is 0.101. The molecule has 134 valence electrons. The van der Waals surface area contributed by atoms with Gasteiger partial charge in [0.25, 0.3) is 5.91 Å². The van der Waals surface area contributed by atoms with Crippen molar-refractivity contribution in [3.05, 3.63) is 74.7 Å². The average Bonchev–Trinajstić information content (AvgIpc) is 3.08. The number of hydrogen-bond acceptors (Lipinski definition) is 3. The third-order valence-corrected chi connectivity index (χ3v) is 4.62. The van der Waals surface area contributed by atoms with Gasteiger partial charge in [-0.1, -0.05) is 45.2 Å². The number of ether oxygens (including phenoxy) is 1. The predicted molar refractivity (Wildman–Crippen MR) is 101 cm³/mol. The maximum atomic E-state index is 13.8. The molecule has 0 spiro atoms. The summed E-state index contributed by atoms with van der Waals surface area (Å²) in [6.45, 7) is 0.0278. The molecule has 1 aromatic heterocycles. The molecule has 9 heteroatoms. The summed E-state index contributed by atoms with van der Waals surface area (Å²) in [5.41, 5.74) is 0.183. The fourth-order valence-electron chi connectivity index (χ4n) is 2.06. The van der Waals surface area contributed by atoms with Gasteiger partial charge < -0.3 is 10.1 Å². The number of amides is 1. The monoisotopic (exact) mass is 457 g/mol. The second kappa shape index (κ2) is 8.07. The van der Waals surface area contributed by atoms with E-state index in [0.717, 1.165) is 0 Å². The number of benzene rings is 2. The van der Waals surface area contributed by atoms with Gasteiger partial charge in [-0.2, -0.15) is 5.10 Å². The maximum absolute atomic E-state index is 13.8. The van der Waals surface area contributed by atoms with Gasteiger partial charge in [0.1, 0.15) is 16.6 Å². The number of nitrogens with zero attached hydrogens (tertiary/aromatic N) is 2. The quantitative estimate of drug-likeness (QED) is 0.558. The zero-order chi connectivity index (χ0) is 18.7. The molecule has 3 rings (SSSR count). The number of aromatic nitrogens is 2. The first-order chi connectivity index (χ1) is 12.4. The molecular weight excluding hydrogens is 448 g/mol. The van der Waals surface area contributed by atoms with Crippen LogP contribution < -0.4 is 10.1 Å². The number of rotatable bonds is 5. The van der Waals surface area contributed by atoms with Crippen LogP contribution in [0, 0.1) is 5.82 Å². The van der Waals surface area contributed by atoms with Crippen molar-refractivity contribution in [3.63, 3.8) is 0 Å². The van der Waals surface area contributed by atoms with Crippen LogP contribution in [0.5, 0.6) is 5.75 Å². The zero-order valence-electron chi connectivity index (χ0n) is 13.0. The van der Waals surface area contributed by atoms with Crippen molar-refractivity contribution in [1.82, 2.24) is 9.78 Å². The van der Waals surface area contributed by atoms with E-state index in [1.165, 1.54) is 22.9 Å². The molecular formula is C17H11BrCl2FN3O2. The molecule has 0 saturated heterocycles. The van der Waals surface area contributed by atoms with Crippen molar-refractivity contribution in [3.8, 4) is 5.75 Å². The van der Waals surface area contributed by atoms with E-state index >= 15 is 0 Å². The van der Waals surface area contributed by atoms with E-state index in [0.29, 0.717) is 20.3 Å². The van der Waals surface area contributed by atoms with Crippen molar-refractivity contribution >= 4 is 50.7 Å². The van der Waals surface area contributed by atoms with Crippen molar-refractivity contribution in [2.75, 3.05) is 5.32 Å². The number of carbonyl (C=O) groups excluding carboxylic acids is 1. The Labute approximate surface area is 166 Å². The predicted octanol–water partition coefficient (Wildman–Crippen LogP) is 5.38. The normalized spacial score (nSPS) is 10.6. The first-order valence-electron chi connectivity index (χ1n) is 7.30. The molecule has 0 saturated carbocycles. The number of anilines is 1. The van der Waals surface area contributed by atoms with E-state index in [1.54, 1.807) is 30.5 Å². The fourth-order valence-corrected chi connectivity index (χ4v) is 2.74. The third kappa shape index (κ3) is 4.35. The zero-order valence-corrected chi connectivity index (χ0v) is 16.1. The van der Waals surface area contributed by atoms with Crippen molar-refractivity contribution in [1.29, 1.82) is 0 Å². The molecule has 0 atom stereocenters. The number of halogens is 4. The van der Waals surface area contributed by atoms with Crippen LogP contribution in [-0.4, -0.2) is 15.7 Å². The van der Waals surface area contributed by atoms with Crippen molar-refractivity contribution in [2.45, 2.75) is 6.73 Å². The highest BCUT2D eigenvalue weighted by atomic mass is 79.9. The van der Waals surface area contributed by atoms with Crippen LogP contribution in [0.1, 0.15) is 10.5 Å². The lowest BCUT2D eigenvalue weighted by Crippen LogP contribution is -2.15. The topological polar surface area (TPSA) is 56.2 Å².